The molecule has 3 nitrogen and oxygen atoms in total. The van der Waals surface area contributed by atoms with Crippen molar-refractivity contribution >= 4 is 19.7 Å². The highest BCUT2D eigenvalue weighted by Crippen LogP contribution is 2.25. The van der Waals surface area contributed by atoms with Gasteiger partial charge in [0.05, 0.1) is 12.4 Å². The molecule has 1 aromatic rings. The van der Waals surface area contributed by atoms with Crippen LogP contribution < -0.4 is 4.74 Å². The van der Waals surface area contributed by atoms with Crippen LogP contribution in [-0.2, 0) is 9.05 Å². The summed E-state index contributed by atoms with van der Waals surface area (Å²) in [6, 6.07) is 4.11. The zero-order valence-corrected chi connectivity index (χ0v) is 13.4. The molecular formula is C14H21ClO3S. The number of hydrogen-bond acceptors (Lipinski definition) is 3. The lowest BCUT2D eigenvalue weighted by atomic mass is 10.1. The Bertz CT molecular complexity index is 515. The summed E-state index contributed by atoms with van der Waals surface area (Å²) in [5, 5.41) is 0. The van der Waals surface area contributed by atoms with Crippen molar-refractivity contribution in [3.63, 3.8) is 0 Å². The minimum absolute atomic E-state index is 0.0466. The third-order valence-electron chi connectivity index (χ3n) is 3.08. The van der Waals surface area contributed by atoms with Crippen molar-refractivity contribution in [1.29, 1.82) is 0 Å². The molecular weight excluding hydrogens is 284 g/mol. The summed E-state index contributed by atoms with van der Waals surface area (Å²) in [6.45, 7) is 8.33. The van der Waals surface area contributed by atoms with Crippen LogP contribution >= 0.6 is 10.7 Å². The van der Waals surface area contributed by atoms with Crippen molar-refractivity contribution in [3.8, 4) is 5.75 Å². The predicted octanol–water partition coefficient (Wildman–Crippen LogP) is 3.59. The molecule has 1 aromatic carbocycles. The number of rotatable bonds is 6. The average molecular weight is 305 g/mol. The largest absolute Gasteiger partial charge is 0.493 e. The monoisotopic (exact) mass is 304 g/mol. The molecule has 0 saturated carbocycles. The molecule has 0 amide bonds. The molecule has 5 heteroatoms. The summed E-state index contributed by atoms with van der Waals surface area (Å²) < 4.78 is 28.0. The van der Waals surface area contributed by atoms with Crippen molar-refractivity contribution in [3.05, 3.63) is 28.8 Å². The van der Waals surface area contributed by atoms with Gasteiger partial charge in [-0.3, -0.25) is 0 Å². The van der Waals surface area contributed by atoms with Crippen LogP contribution in [0.4, 0.5) is 0 Å². The minimum atomic E-state index is -3.47. The average Bonchev–Trinajstić information content (AvgIpc) is 2.24. The number of benzene rings is 1. The van der Waals surface area contributed by atoms with E-state index in [-0.39, 0.29) is 11.7 Å². The van der Waals surface area contributed by atoms with Gasteiger partial charge in [0.15, 0.2) is 0 Å². The Labute approximate surface area is 120 Å². The van der Waals surface area contributed by atoms with Crippen LogP contribution in [0.5, 0.6) is 5.75 Å². The molecule has 19 heavy (non-hydrogen) atoms. The predicted molar refractivity (Wildman–Crippen MR) is 79.6 cm³/mol. The Hall–Kier alpha value is -0.740. The Kier molecular flexibility index (Phi) is 5.68. The first-order chi connectivity index (χ1) is 8.73. The van der Waals surface area contributed by atoms with Crippen LogP contribution in [0.2, 0.25) is 0 Å². The van der Waals surface area contributed by atoms with E-state index < -0.39 is 9.05 Å². The fourth-order valence-corrected chi connectivity index (χ4v) is 3.59. The standard InChI is InChI=1S/C14H21ClO3S/c1-5-13(9-19(15,16)17)8-18-14-11(3)6-10(2)7-12(14)4/h6-7,13H,5,8-9H2,1-4H3. The lowest BCUT2D eigenvalue weighted by molar-refractivity contribution is 0.255. The maximum absolute atomic E-state index is 11.1. The summed E-state index contributed by atoms with van der Waals surface area (Å²) in [7, 11) is 1.81. The van der Waals surface area contributed by atoms with Gasteiger partial charge in [-0.05, 0) is 38.3 Å². The molecule has 0 heterocycles. The number of ether oxygens (including phenoxy) is 1. The van der Waals surface area contributed by atoms with E-state index in [0.717, 1.165) is 23.3 Å². The molecule has 1 unspecified atom stereocenters. The summed E-state index contributed by atoms with van der Waals surface area (Å²) in [4.78, 5) is 0. The molecule has 0 aromatic heterocycles. The Morgan fingerprint density at radius 1 is 1.21 bits per heavy atom. The van der Waals surface area contributed by atoms with E-state index in [9.17, 15) is 8.42 Å². The van der Waals surface area contributed by atoms with Gasteiger partial charge in [-0.25, -0.2) is 8.42 Å². The van der Waals surface area contributed by atoms with Gasteiger partial charge in [0, 0.05) is 16.6 Å². The van der Waals surface area contributed by atoms with E-state index in [2.05, 4.69) is 12.1 Å². The summed E-state index contributed by atoms with van der Waals surface area (Å²) in [5.74, 6) is 0.716. The smallest absolute Gasteiger partial charge is 0.232 e. The minimum Gasteiger partial charge on any atom is -0.493 e. The third kappa shape index (κ3) is 5.41. The van der Waals surface area contributed by atoms with E-state index in [1.54, 1.807) is 0 Å². The van der Waals surface area contributed by atoms with Gasteiger partial charge in [-0.2, -0.15) is 0 Å². The summed E-state index contributed by atoms with van der Waals surface area (Å²) in [5.41, 5.74) is 3.33. The van der Waals surface area contributed by atoms with Gasteiger partial charge in [0.25, 0.3) is 0 Å². The molecule has 108 valence electrons. The zero-order valence-electron chi connectivity index (χ0n) is 11.9. The van der Waals surface area contributed by atoms with E-state index in [1.165, 1.54) is 5.56 Å². The van der Waals surface area contributed by atoms with E-state index in [1.807, 2.05) is 27.7 Å². The zero-order chi connectivity index (χ0) is 14.6. The Morgan fingerprint density at radius 3 is 2.16 bits per heavy atom. The van der Waals surface area contributed by atoms with E-state index in [0.29, 0.717) is 6.61 Å². The van der Waals surface area contributed by atoms with Crippen LogP contribution in [0, 0.1) is 26.7 Å². The number of halogens is 1. The molecule has 0 N–H and O–H groups in total. The van der Waals surface area contributed by atoms with Crippen molar-refractivity contribution in [2.75, 3.05) is 12.4 Å². The van der Waals surface area contributed by atoms with Crippen LogP contribution in [0.3, 0.4) is 0 Å². The highest BCUT2D eigenvalue weighted by Gasteiger charge is 2.17. The van der Waals surface area contributed by atoms with Gasteiger partial charge in [-0.15, -0.1) is 0 Å². The quantitative estimate of drug-likeness (QED) is 0.754. The lowest BCUT2D eigenvalue weighted by Gasteiger charge is -2.17. The molecule has 0 spiro atoms. The normalized spacial score (nSPS) is 13.3. The summed E-state index contributed by atoms with van der Waals surface area (Å²) in [6.07, 6.45) is 0.718. The molecule has 0 fully saturated rings. The van der Waals surface area contributed by atoms with Gasteiger partial charge >= 0.3 is 0 Å². The Morgan fingerprint density at radius 2 is 1.74 bits per heavy atom. The maximum Gasteiger partial charge on any atom is 0.232 e. The van der Waals surface area contributed by atoms with Crippen molar-refractivity contribution in [1.82, 2.24) is 0 Å². The van der Waals surface area contributed by atoms with Crippen LogP contribution in [0.15, 0.2) is 12.1 Å². The van der Waals surface area contributed by atoms with Crippen LogP contribution in [-0.4, -0.2) is 20.8 Å². The van der Waals surface area contributed by atoms with Gasteiger partial charge in [0.1, 0.15) is 5.75 Å². The first-order valence-electron chi connectivity index (χ1n) is 6.36. The first kappa shape index (κ1) is 16.3. The van der Waals surface area contributed by atoms with Crippen LogP contribution in [0.1, 0.15) is 30.0 Å². The fraction of sp³-hybridized carbons (Fsp3) is 0.571. The van der Waals surface area contributed by atoms with E-state index >= 15 is 0 Å². The molecule has 0 radical (unpaired) electrons. The topological polar surface area (TPSA) is 43.4 Å². The highest BCUT2D eigenvalue weighted by molar-refractivity contribution is 8.13. The Balaban J connectivity index is 2.76. The molecule has 0 aliphatic carbocycles. The second-order valence-corrected chi connectivity index (χ2v) is 7.84. The highest BCUT2D eigenvalue weighted by atomic mass is 35.7. The van der Waals surface area contributed by atoms with Gasteiger partial charge in [0.2, 0.25) is 9.05 Å². The van der Waals surface area contributed by atoms with Crippen molar-refractivity contribution < 1.29 is 13.2 Å². The fourth-order valence-electron chi connectivity index (χ4n) is 2.16. The van der Waals surface area contributed by atoms with Crippen molar-refractivity contribution in [2.24, 2.45) is 5.92 Å². The van der Waals surface area contributed by atoms with Crippen LogP contribution in [0.25, 0.3) is 0 Å². The second-order valence-electron chi connectivity index (χ2n) is 5.02. The third-order valence-corrected chi connectivity index (χ3v) is 4.33. The van der Waals surface area contributed by atoms with E-state index in [4.69, 9.17) is 15.4 Å². The number of hydrogen-bond donors (Lipinski definition) is 0. The van der Waals surface area contributed by atoms with Gasteiger partial charge < -0.3 is 4.74 Å². The molecule has 1 atom stereocenters. The second kappa shape index (κ2) is 6.62. The molecule has 1 rings (SSSR count). The molecule has 0 bridgehead atoms. The van der Waals surface area contributed by atoms with Gasteiger partial charge in [-0.1, -0.05) is 24.6 Å². The maximum atomic E-state index is 11.1. The molecule has 0 aliphatic heterocycles. The molecule has 0 saturated heterocycles. The number of aryl methyl sites for hydroxylation is 3. The summed E-state index contributed by atoms with van der Waals surface area (Å²) >= 11 is 0. The molecule has 0 aliphatic rings. The first-order valence-corrected chi connectivity index (χ1v) is 8.83. The van der Waals surface area contributed by atoms with Crippen molar-refractivity contribution in [2.45, 2.75) is 34.1 Å². The SMILES string of the molecule is CCC(COc1c(C)cc(C)cc1C)CS(=O)(=O)Cl. The lowest BCUT2D eigenvalue weighted by Crippen LogP contribution is -2.19.